The standard InChI is InChI=1S/C19H33NO2/c1-4-8-16(9-5-2)15-22-18-11-7-10-17(14-18)19(21)12-13-20-6-3/h7,10-11,14,16,19-21H,4-6,8-9,12-13,15H2,1-3H3. The second kappa shape index (κ2) is 11.5. The van der Waals surface area contributed by atoms with E-state index in [-0.39, 0.29) is 0 Å². The number of aliphatic hydroxyl groups is 1. The minimum atomic E-state index is -0.426. The van der Waals surface area contributed by atoms with Crippen LogP contribution >= 0.6 is 0 Å². The Kier molecular flexibility index (Phi) is 9.93. The van der Waals surface area contributed by atoms with E-state index in [0.717, 1.165) is 37.4 Å². The second-order valence-electron chi connectivity index (χ2n) is 5.98. The monoisotopic (exact) mass is 307 g/mol. The summed E-state index contributed by atoms with van der Waals surface area (Å²) in [5.41, 5.74) is 0.943. The molecule has 2 N–H and O–H groups in total. The predicted octanol–water partition coefficient (Wildman–Crippen LogP) is 4.31. The van der Waals surface area contributed by atoms with Gasteiger partial charge in [0.1, 0.15) is 5.75 Å². The normalized spacial score (nSPS) is 12.6. The average Bonchev–Trinajstić information content (AvgIpc) is 2.53. The van der Waals surface area contributed by atoms with Crippen molar-refractivity contribution < 1.29 is 9.84 Å². The Hall–Kier alpha value is -1.06. The van der Waals surface area contributed by atoms with E-state index in [4.69, 9.17) is 4.74 Å². The Morgan fingerprint density at radius 3 is 2.45 bits per heavy atom. The zero-order valence-corrected chi connectivity index (χ0v) is 14.5. The largest absolute Gasteiger partial charge is 0.493 e. The molecule has 0 amide bonds. The maximum atomic E-state index is 10.2. The number of ether oxygens (including phenoxy) is 1. The Labute approximate surface area is 136 Å². The van der Waals surface area contributed by atoms with Crippen molar-refractivity contribution in [1.82, 2.24) is 5.32 Å². The van der Waals surface area contributed by atoms with E-state index in [9.17, 15) is 5.11 Å². The summed E-state index contributed by atoms with van der Waals surface area (Å²) >= 11 is 0. The number of hydrogen-bond acceptors (Lipinski definition) is 3. The maximum absolute atomic E-state index is 10.2. The van der Waals surface area contributed by atoms with Gasteiger partial charge in [-0.3, -0.25) is 0 Å². The minimum Gasteiger partial charge on any atom is -0.493 e. The predicted molar refractivity (Wildman–Crippen MR) is 93.4 cm³/mol. The number of nitrogens with one attached hydrogen (secondary N) is 1. The van der Waals surface area contributed by atoms with E-state index < -0.39 is 6.10 Å². The van der Waals surface area contributed by atoms with Crippen LogP contribution in [-0.2, 0) is 0 Å². The van der Waals surface area contributed by atoms with Crippen LogP contribution < -0.4 is 10.1 Å². The lowest BCUT2D eigenvalue weighted by Gasteiger charge is -2.17. The second-order valence-corrected chi connectivity index (χ2v) is 5.98. The average molecular weight is 307 g/mol. The third kappa shape index (κ3) is 7.28. The summed E-state index contributed by atoms with van der Waals surface area (Å²) in [7, 11) is 0. The van der Waals surface area contributed by atoms with Gasteiger partial charge in [-0.15, -0.1) is 0 Å². The molecule has 3 nitrogen and oxygen atoms in total. The van der Waals surface area contributed by atoms with E-state index in [1.807, 2.05) is 24.3 Å². The molecule has 1 atom stereocenters. The number of benzene rings is 1. The molecule has 0 radical (unpaired) electrons. The zero-order valence-electron chi connectivity index (χ0n) is 14.5. The third-order valence-electron chi connectivity index (χ3n) is 3.97. The molecule has 0 saturated heterocycles. The summed E-state index contributed by atoms with van der Waals surface area (Å²) in [6.07, 6.45) is 5.15. The molecule has 0 bridgehead atoms. The van der Waals surface area contributed by atoms with Crippen LogP contribution in [0.25, 0.3) is 0 Å². The van der Waals surface area contributed by atoms with Crippen LogP contribution in [0.3, 0.4) is 0 Å². The number of rotatable bonds is 12. The Balaban J connectivity index is 2.52. The van der Waals surface area contributed by atoms with E-state index in [1.54, 1.807) is 0 Å². The molecule has 0 saturated carbocycles. The molecule has 126 valence electrons. The maximum Gasteiger partial charge on any atom is 0.119 e. The summed E-state index contributed by atoms with van der Waals surface area (Å²) in [4.78, 5) is 0. The van der Waals surface area contributed by atoms with Gasteiger partial charge in [0.25, 0.3) is 0 Å². The van der Waals surface area contributed by atoms with Gasteiger partial charge in [0.2, 0.25) is 0 Å². The van der Waals surface area contributed by atoms with E-state index in [1.165, 1.54) is 25.7 Å². The highest BCUT2D eigenvalue weighted by Gasteiger charge is 2.10. The minimum absolute atomic E-state index is 0.426. The summed E-state index contributed by atoms with van der Waals surface area (Å²) < 4.78 is 5.96. The first-order valence-corrected chi connectivity index (χ1v) is 8.82. The van der Waals surface area contributed by atoms with Gasteiger partial charge in [0.05, 0.1) is 12.7 Å². The highest BCUT2D eigenvalue weighted by atomic mass is 16.5. The van der Waals surface area contributed by atoms with Gasteiger partial charge < -0.3 is 15.2 Å². The van der Waals surface area contributed by atoms with Gasteiger partial charge in [0.15, 0.2) is 0 Å². The summed E-state index contributed by atoms with van der Waals surface area (Å²) in [5, 5.41) is 13.5. The Bertz CT molecular complexity index is 389. The van der Waals surface area contributed by atoms with Crippen molar-refractivity contribution >= 4 is 0 Å². The van der Waals surface area contributed by atoms with Gasteiger partial charge in [-0.05, 0) is 56.0 Å². The molecule has 1 aromatic carbocycles. The molecule has 0 aliphatic carbocycles. The first-order valence-electron chi connectivity index (χ1n) is 8.82. The van der Waals surface area contributed by atoms with Gasteiger partial charge in [-0.2, -0.15) is 0 Å². The lowest BCUT2D eigenvalue weighted by Crippen LogP contribution is -2.16. The molecule has 22 heavy (non-hydrogen) atoms. The highest BCUT2D eigenvalue weighted by molar-refractivity contribution is 5.29. The van der Waals surface area contributed by atoms with Crippen molar-refractivity contribution in [3.63, 3.8) is 0 Å². The zero-order chi connectivity index (χ0) is 16.2. The van der Waals surface area contributed by atoms with Gasteiger partial charge in [-0.25, -0.2) is 0 Å². The molecule has 3 heteroatoms. The fourth-order valence-electron chi connectivity index (χ4n) is 2.74. The SMILES string of the molecule is CCCC(CCC)COc1cccc(C(O)CCNCC)c1. The first-order chi connectivity index (χ1) is 10.7. The van der Waals surface area contributed by atoms with Crippen molar-refractivity contribution in [3.05, 3.63) is 29.8 Å². The molecule has 1 unspecified atom stereocenters. The molecule has 0 aliphatic heterocycles. The van der Waals surface area contributed by atoms with Crippen LogP contribution in [0.1, 0.15) is 64.5 Å². The van der Waals surface area contributed by atoms with Crippen LogP contribution in [0, 0.1) is 5.92 Å². The molecular formula is C19H33NO2. The molecule has 0 aromatic heterocycles. The third-order valence-corrected chi connectivity index (χ3v) is 3.97. The topological polar surface area (TPSA) is 41.5 Å². The molecular weight excluding hydrogens is 274 g/mol. The van der Waals surface area contributed by atoms with Gasteiger partial charge in [0, 0.05) is 0 Å². The summed E-state index contributed by atoms with van der Waals surface area (Å²) in [6, 6.07) is 7.90. The van der Waals surface area contributed by atoms with Crippen molar-refractivity contribution in [1.29, 1.82) is 0 Å². The molecule has 0 spiro atoms. The molecule has 0 fully saturated rings. The van der Waals surface area contributed by atoms with E-state index in [0.29, 0.717) is 5.92 Å². The van der Waals surface area contributed by atoms with Crippen LogP contribution in [0.5, 0.6) is 5.75 Å². The van der Waals surface area contributed by atoms with Crippen molar-refractivity contribution in [2.75, 3.05) is 19.7 Å². The fraction of sp³-hybridized carbons (Fsp3) is 0.684. The van der Waals surface area contributed by atoms with Crippen molar-refractivity contribution in [2.24, 2.45) is 5.92 Å². The van der Waals surface area contributed by atoms with E-state index >= 15 is 0 Å². The quantitative estimate of drug-likeness (QED) is 0.565. The smallest absolute Gasteiger partial charge is 0.119 e. The van der Waals surface area contributed by atoms with Gasteiger partial charge >= 0.3 is 0 Å². The fourth-order valence-corrected chi connectivity index (χ4v) is 2.74. The highest BCUT2D eigenvalue weighted by Crippen LogP contribution is 2.23. The van der Waals surface area contributed by atoms with Crippen LogP contribution in [0.15, 0.2) is 24.3 Å². The Morgan fingerprint density at radius 1 is 1.09 bits per heavy atom. The molecule has 0 heterocycles. The lowest BCUT2D eigenvalue weighted by molar-refractivity contribution is 0.166. The van der Waals surface area contributed by atoms with Gasteiger partial charge in [-0.1, -0.05) is 45.7 Å². The summed E-state index contributed by atoms with van der Waals surface area (Å²) in [5.74, 6) is 1.51. The molecule has 1 rings (SSSR count). The van der Waals surface area contributed by atoms with E-state index in [2.05, 4.69) is 26.1 Å². The lowest BCUT2D eigenvalue weighted by atomic mass is 9.99. The first kappa shape index (κ1) is 19.0. The van der Waals surface area contributed by atoms with Crippen molar-refractivity contribution in [2.45, 2.75) is 59.0 Å². The molecule has 0 aliphatic rings. The van der Waals surface area contributed by atoms with Crippen LogP contribution in [-0.4, -0.2) is 24.8 Å². The Morgan fingerprint density at radius 2 is 1.82 bits per heavy atom. The van der Waals surface area contributed by atoms with Crippen LogP contribution in [0.4, 0.5) is 0 Å². The van der Waals surface area contributed by atoms with Crippen molar-refractivity contribution in [3.8, 4) is 5.75 Å². The summed E-state index contributed by atoms with van der Waals surface area (Å²) in [6.45, 7) is 9.07. The molecule has 1 aromatic rings. The van der Waals surface area contributed by atoms with Crippen LogP contribution in [0.2, 0.25) is 0 Å². The number of aliphatic hydroxyl groups excluding tert-OH is 1. The number of hydrogen-bond donors (Lipinski definition) is 2.